The maximum Gasteiger partial charge on any atom is 0.207 e. The molecule has 2 aromatic rings. The Bertz CT molecular complexity index is 661. The number of benzene rings is 2. The SMILES string of the molecule is Cc1ccc(C)c(C(=O)C2COc3ccccc3O2)c1. The minimum Gasteiger partial charge on any atom is -0.485 e. The molecule has 1 aliphatic heterocycles. The fourth-order valence-corrected chi connectivity index (χ4v) is 2.32. The summed E-state index contributed by atoms with van der Waals surface area (Å²) in [6.45, 7) is 4.16. The third-order valence-corrected chi connectivity index (χ3v) is 3.46. The topological polar surface area (TPSA) is 35.5 Å². The van der Waals surface area contributed by atoms with Crippen molar-refractivity contribution in [1.82, 2.24) is 0 Å². The zero-order valence-corrected chi connectivity index (χ0v) is 11.6. The van der Waals surface area contributed by atoms with Gasteiger partial charge in [0, 0.05) is 5.56 Å². The third-order valence-electron chi connectivity index (χ3n) is 3.46. The molecule has 0 saturated heterocycles. The second-order valence-electron chi connectivity index (χ2n) is 5.05. The fourth-order valence-electron chi connectivity index (χ4n) is 2.32. The highest BCUT2D eigenvalue weighted by Gasteiger charge is 2.28. The lowest BCUT2D eigenvalue weighted by atomic mass is 9.99. The molecule has 0 saturated carbocycles. The van der Waals surface area contributed by atoms with Gasteiger partial charge in [-0.2, -0.15) is 0 Å². The molecule has 3 rings (SSSR count). The summed E-state index contributed by atoms with van der Waals surface area (Å²) in [6, 6.07) is 13.3. The number of hydrogen-bond acceptors (Lipinski definition) is 3. The number of carbonyl (C=O) groups is 1. The number of ketones is 1. The van der Waals surface area contributed by atoms with Crippen molar-refractivity contribution in [3.63, 3.8) is 0 Å². The quantitative estimate of drug-likeness (QED) is 0.784. The molecular weight excluding hydrogens is 252 g/mol. The molecule has 1 aliphatic rings. The van der Waals surface area contributed by atoms with Gasteiger partial charge in [-0.05, 0) is 37.6 Å². The van der Waals surface area contributed by atoms with E-state index in [0.717, 1.165) is 11.1 Å². The van der Waals surface area contributed by atoms with Gasteiger partial charge in [0.1, 0.15) is 6.61 Å². The Balaban J connectivity index is 1.88. The first-order valence-electron chi connectivity index (χ1n) is 6.65. The highest BCUT2D eigenvalue weighted by molar-refractivity contribution is 6.01. The van der Waals surface area contributed by atoms with Crippen LogP contribution in [0.1, 0.15) is 21.5 Å². The van der Waals surface area contributed by atoms with Gasteiger partial charge < -0.3 is 9.47 Å². The minimum absolute atomic E-state index is 0.0271. The van der Waals surface area contributed by atoms with Crippen LogP contribution in [0.3, 0.4) is 0 Å². The van der Waals surface area contributed by atoms with E-state index in [2.05, 4.69) is 0 Å². The highest BCUT2D eigenvalue weighted by atomic mass is 16.6. The van der Waals surface area contributed by atoms with Crippen molar-refractivity contribution >= 4 is 5.78 Å². The smallest absolute Gasteiger partial charge is 0.207 e. The summed E-state index contributed by atoms with van der Waals surface area (Å²) in [6.07, 6.45) is -0.578. The molecule has 0 bridgehead atoms. The number of aryl methyl sites for hydroxylation is 2. The van der Waals surface area contributed by atoms with Crippen LogP contribution in [0.5, 0.6) is 11.5 Å². The van der Waals surface area contributed by atoms with E-state index in [9.17, 15) is 4.79 Å². The Kier molecular flexibility index (Phi) is 3.18. The van der Waals surface area contributed by atoms with Crippen molar-refractivity contribution < 1.29 is 14.3 Å². The number of carbonyl (C=O) groups excluding carboxylic acids is 1. The van der Waals surface area contributed by atoms with E-state index in [0.29, 0.717) is 17.1 Å². The molecule has 20 heavy (non-hydrogen) atoms. The number of Topliss-reactive ketones (excluding diaryl/α,β-unsaturated/α-hetero) is 1. The van der Waals surface area contributed by atoms with Crippen LogP contribution in [-0.2, 0) is 0 Å². The molecule has 1 heterocycles. The average Bonchev–Trinajstić information content (AvgIpc) is 2.48. The Morgan fingerprint density at radius 1 is 1.10 bits per heavy atom. The molecule has 0 aromatic heterocycles. The van der Waals surface area contributed by atoms with Gasteiger partial charge in [-0.3, -0.25) is 4.79 Å². The molecule has 0 amide bonds. The first-order valence-corrected chi connectivity index (χ1v) is 6.65. The summed E-state index contributed by atoms with van der Waals surface area (Å²) in [5.74, 6) is 1.29. The molecular formula is C17H16O3. The van der Waals surface area contributed by atoms with E-state index >= 15 is 0 Å². The van der Waals surface area contributed by atoms with Gasteiger partial charge in [0.25, 0.3) is 0 Å². The van der Waals surface area contributed by atoms with Gasteiger partial charge in [-0.25, -0.2) is 0 Å². The second kappa shape index (κ2) is 5.00. The summed E-state index contributed by atoms with van der Waals surface area (Å²) in [7, 11) is 0. The van der Waals surface area contributed by atoms with Gasteiger partial charge in [0.2, 0.25) is 5.78 Å². The Morgan fingerprint density at radius 3 is 2.65 bits per heavy atom. The molecule has 1 atom stereocenters. The number of rotatable bonds is 2. The summed E-state index contributed by atoms with van der Waals surface area (Å²) < 4.78 is 11.4. The van der Waals surface area contributed by atoms with Crippen molar-refractivity contribution in [1.29, 1.82) is 0 Å². The largest absolute Gasteiger partial charge is 0.485 e. The van der Waals surface area contributed by atoms with E-state index in [1.54, 1.807) is 0 Å². The molecule has 102 valence electrons. The summed E-state index contributed by atoms with van der Waals surface area (Å²) in [5.41, 5.74) is 2.73. The molecule has 0 fully saturated rings. The lowest BCUT2D eigenvalue weighted by molar-refractivity contribution is 0.0585. The summed E-state index contributed by atoms with van der Waals surface area (Å²) in [5, 5.41) is 0. The number of fused-ring (bicyclic) bond motifs is 1. The third kappa shape index (κ3) is 2.27. The Hall–Kier alpha value is -2.29. The molecule has 2 aromatic carbocycles. The van der Waals surface area contributed by atoms with Gasteiger partial charge >= 0.3 is 0 Å². The standard InChI is InChI=1S/C17H16O3/c1-11-7-8-12(2)13(9-11)17(18)16-10-19-14-5-3-4-6-15(14)20-16/h3-9,16H,10H2,1-2H3. The molecule has 1 unspecified atom stereocenters. The Morgan fingerprint density at radius 2 is 1.85 bits per heavy atom. The van der Waals surface area contributed by atoms with Crippen LogP contribution in [0, 0.1) is 13.8 Å². The average molecular weight is 268 g/mol. The van der Waals surface area contributed by atoms with Crippen LogP contribution in [0.25, 0.3) is 0 Å². The van der Waals surface area contributed by atoms with E-state index < -0.39 is 6.10 Å². The van der Waals surface area contributed by atoms with Crippen LogP contribution in [-0.4, -0.2) is 18.5 Å². The van der Waals surface area contributed by atoms with Crippen LogP contribution in [0.4, 0.5) is 0 Å². The maximum absolute atomic E-state index is 12.6. The van der Waals surface area contributed by atoms with E-state index in [4.69, 9.17) is 9.47 Å². The number of ether oxygens (including phenoxy) is 2. The first-order chi connectivity index (χ1) is 9.65. The molecule has 0 spiro atoms. The monoisotopic (exact) mass is 268 g/mol. The minimum atomic E-state index is -0.578. The lowest BCUT2D eigenvalue weighted by Crippen LogP contribution is -2.36. The summed E-state index contributed by atoms with van der Waals surface area (Å²) in [4.78, 5) is 12.6. The van der Waals surface area contributed by atoms with E-state index in [1.807, 2.05) is 56.3 Å². The van der Waals surface area contributed by atoms with Gasteiger partial charge in [-0.15, -0.1) is 0 Å². The van der Waals surface area contributed by atoms with Crippen molar-refractivity contribution in [2.24, 2.45) is 0 Å². The van der Waals surface area contributed by atoms with E-state index in [1.165, 1.54) is 0 Å². The highest BCUT2D eigenvalue weighted by Crippen LogP contribution is 2.31. The van der Waals surface area contributed by atoms with Gasteiger partial charge in [0.15, 0.2) is 17.6 Å². The number of para-hydroxylation sites is 2. The molecule has 0 radical (unpaired) electrons. The number of hydrogen-bond donors (Lipinski definition) is 0. The molecule has 0 N–H and O–H groups in total. The van der Waals surface area contributed by atoms with Crippen molar-refractivity contribution in [3.8, 4) is 11.5 Å². The first kappa shape index (κ1) is 12.7. The maximum atomic E-state index is 12.6. The fraction of sp³-hybridized carbons (Fsp3) is 0.235. The van der Waals surface area contributed by atoms with Gasteiger partial charge in [0.05, 0.1) is 0 Å². The van der Waals surface area contributed by atoms with Crippen molar-refractivity contribution in [3.05, 3.63) is 59.2 Å². The van der Waals surface area contributed by atoms with Crippen LogP contribution < -0.4 is 9.47 Å². The lowest BCUT2D eigenvalue weighted by Gasteiger charge is -2.25. The van der Waals surface area contributed by atoms with E-state index in [-0.39, 0.29) is 12.4 Å². The zero-order valence-electron chi connectivity index (χ0n) is 11.6. The molecule has 0 aliphatic carbocycles. The molecule has 3 nitrogen and oxygen atoms in total. The molecule has 3 heteroatoms. The predicted molar refractivity (Wildman–Crippen MR) is 76.6 cm³/mol. The van der Waals surface area contributed by atoms with Crippen LogP contribution >= 0.6 is 0 Å². The second-order valence-corrected chi connectivity index (χ2v) is 5.05. The van der Waals surface area contributed by atoms with Crippen molar-refractivity contribution in [2.45, 2.75) is 20.0 Å². The van der Waals surface area contributed by atoms with Crippen molar-refractivity contribution in [2.75, 3.05) is 6.61 Å². The Labute approximate surface area is 118 Å². The normalized spacial score (nSPS) is 16.8. The predicted octanol–water partition coefficient (Wildman–Crippen LogP) is 3.33. The van der Waals surface area contributed by atoms with Crippen LogP contribution in [0.15, 0.2) is 42.5 Å². The zero-order chi connectivity index (χ0) is 14.1. The summed E-state index contributed by atoms with van der Waals surface area (Å²) >= 11 is 0. The van der Waals surface area contributed by atoms with Gasteiger partial charge in [-0.1, -0.05) is 29.8 Å². The van der Waals surface area contributed by atoms with Crippen LogP contribution in [0.2, 0.25) is 0 Å².